The summed E-state index contributed by atoms with van der Waals surface area (Å²) in [6, 6.07) is 7.22. The van der Waals surface area contributed by atoms with Crippen LogP contribution in [-0.4, -0.2) is 45.4 Å². The molecule has 1 aromatic carbocycles. The third kappa shape index (κ3) is 3.45. The van der Waals surface area contributed by atoms with E-state index in [1.165, 1.54) is 7.11 Å². The Morgan fingerprint density at radius 1 is 1.50 bits per heavy atom. The van der Waals surface area contributed by atoms with Gasteiger partial charge in [-0.1, -0.05) is 0 Å². The topological polar surface area (TPSA) is 59.6 Å². The molecule has 98 valence electrons. The van der Waals surface area contributed by atoms with E-state index in [4.69, 9.17) is 4.74 Å². The van der Waals surface area contributed by atoms with Crippen molar-refractivity contribution < 1.29 is 14.3 Å². The van der Waals surface area contributed by atoms with Crippen LogP contribution in [0.25, 0.3) is 0 Å². The highest BCUT2D eigenvalue weighted by Crippen LogP contribution is 2.10. The lowest BCUT2D eigenvalue weighted by Crippen LogP contribution is -2.42. The molecular formula is C13H18N2O3. The van der Waals surface area contributed by atoms with E-state index < -0.39 is 0 Å². The third-order valence-corrected chi connectivity index (χ3v) is 2.84. The predicted molar refractivity (Wildman–Crippen MR) is 68.9 cm³/mol. The Kier molecular flexibility index (Phi) is 4.55. The van der Waals surface area contributed by atoms with Crippen molar-refractivity contribution >= 4 is 11.7 Å². The van der Waals surface area contributed by atoms with Crippen molar-refractivity contribution in [3.63, 3.8) is 0 Å². The van der Waals surface area contributed by atoms with Gasteiger partial charge in [0.05, 0.1) is 25.4 Å². The summed E-state index contributed by atoms with van der Waals surface area (Å²) in [7, 11) is 1.38. The van der Waals surface area contributed by atoms with E-state index in [-0.39, 0.29) is 12.1 Å². The summed E-state index contributed by atoms with van der Waals surface area (Å²) in [6.07, 6.45) is 0.194. The second-order valence-electron chi connectivity index (χ2n) is 4.15. The Morgan fingerprint density at radius 2 is 2.28 bits per heavy atom. The van der Waals surface area contributed by atoms with Crippen molar-refractivity contribution in [1.29, 1.82) is 0 Å². The van der Waals surface area contributed by atoms with E-state index in [2.05, 4.69) is 15.4 Å². The molecule has 0 aliphatic carbocycles. The molecule has 18 heavy (non-hydrogen) atoms. The zero-order valence-corrected chi connectivity index (χ0v) is 10.4. The zero-order chi connectivity index (χ0) is 12.8. The van der Waals surface area contributed by atoms with Gasteiger partial charge >= 0.3 is 5.97 Å². The van der Waals surface area contributed by atoms with Gasteiger partial charge in [-0.2, -0.15) is 0 Å². The standard InChI is InChI=1S/C13H18N2O3/c1-17-13(16)10-2-4-11(5-3-10)15-9-12-8-14-6-7-18-12/h2-5,12,14-15H,6-9H2,1H3. The summed E-state index contributed by atoms with van der Waals surface area (Å²) in [5.41, 5.74) is 1.52. The van der Waals surface area contributed by atoms with Crippen LogP contribution >= 0.6 is 0 Å². The van der Waals surface area contributed by atoms with Crippen LogP contribution in [-0.2, 0) is 9.47 Å². The number of hydrogen-bond acceptors (Lipinski definition) is 5. The normalized spacial score (nSPS) is 19.3. The van der Waals surface area contributed by atoms with E-state index in [1.54, 1.807) is 12.1 Å². The van der Waals surface area contributed by atoms with E-state index >= 15 is 0 Å². The fourth-order valence-electron chi connectivity index (χ4n) is 1.82. The summed E-state index contributed by atoms with van der Waals surface area (Å²) in [6.45, 7) is 3.30. The molecular weight excluding hydrogens is 232 g/mol. The lowest BCUT2D eigenvalue weighted by molar-refractivity contribution is 0.0372. The van der Waals surface area contributed by atoms with Crippen LogP contribution in [0.15, 0.2) is 24.3 Å². The van der Waals surface area contributed by atoms with Crippen LogP contribution in [0.4, 0.5) is 5.69 Å². The van der Waals surface area contributed by atoms with Crippen molar-refractivity contribution in [2.45, 2.75) is 6.10 Å². The Morgan fingerprint density at radius 3 is 2.89 bits per heavy atom. The SMILES string of the molecule is COC(=O)c1ccc(NCC2CNCCO2)cc1. The molecule has 5 nitrogen and oxygen atoms in total. The highest BCUT2D eigenvalue weighted by Gasteiger charge is 2.12. The first-order chi connectivity index (χ1) is 8.79. The van der Waals surface area contributed by atoms with Crippen molar-refractivity contribution in [1.82, 2.24) is 5.32 Å². The first-order valence-electron chi connectivity index (χ1n) is 6.04. The van der Waals surface area contributed by atoms with Crippen LogP contribution in [0, 0.1) is 0 Å². The number of anilines is 1. The van der Waals surface area contributed by atoms with Gasteiger partial charge in [0.25, 0.3) is 0 Å². The quantitative estimate of drug-likeness (QED) is 0.777. The number of benzene rings is 1. The van der Waals surface area contributed by atoms with Gasteiger partial charge in [-0.25, -0.2) is 4.79 Å². The Hall–Kier alpha value is -1.59. The monoisotopic (exact) mass is 250 g/mol. The number of carbonyl (C=O) groups is 1. The minimum Gasteiger partial charge on any atom is -0.465 e. The van der Waals surface area contributed by atoms with Crippen molar-refractivity contribution in [2.75, 3.05) is 38.7 Å². The lowest BCUT2D eigenvalue weighted by Gasteiger charge is -2.24. The molecule has 1 heterocycles. The number of ether oxygens (including phenoxy) is 2. The minimum atomic E-state index is -0.318. The Balaban J connectivity index is 1.84. The molecule has 1 aliphatic heterocycles. The average molecular weight is 250 g/mol. The highest BCUT2D eigenvalue weighted by atomic mass is 16.5. The molecule has 0 bridgehead atoms. The molecule has 0 spiro atoms. The van der Waals surface area contributed by atoms with E-state index in [0.29, 0.717) is 5.56 Å². The van der Waals surface area contributed by atoms with Gasteiger partial charge < -0.3 is 20.1 Å². The molecule has 1 aromatic rings. The smallest absolute Gasteiger partial charge is 0.337 e. The van der Waals surface area contributed by atoms with Crippen LogP contribution in [0.3, 0.4) is 0 Å². The number of methoxy groups -OCH3 is 1. The summed E-state index contributed by atoms with van der Waals surface area (Å²) < 4.78 is 10.2. The second kappa shape index (κ2) is 6.37. The van der Waals surface area contributed by atoms with Gasteiger partial charge in [-0.05, 0) is 24.3 Å². The van der Waals surface area contributed by atoms with E-state index in [1.807, 2.05) is 12.1 Å². The molecule has 2 rings (SSSR count). The fraction of sp³-hybridized carbons (Fsp3) is 0.462. The molecule has 1 saturated heterocycles. The summed E-state index contributed by atoms with van der Waals surface area (Å²) in [5, 5.41) is 6.56. The maximum atomic E-state index is 11.3. The molecule has 0 radical (unpaired) electrons. The van der Waals surface area contributed by atoms with Crippen LogP contribution < -0.4 is 10.6 Å². The summed E-state index contributed by atoms with van der Waals surface area (Å²) in [4.78, 5) is 11.3. The van der Waals surface area contributed by atoms with Crippen molar-refractivity contribution in [3.8, 4) is 0 Å². The number of esters is 1. The number of morpholine rings is 1. The van der Waals surface area contributed by atoms with E-state index in [9.17, 15) is 4.79 Å². The maximum absolute atomic E-state index is 11.3. The molecule has 1 atom stereocenters. The molecule has 0 amide bonds. The van der Waals surface area contributed by atoms with Crippen LogP contribution in [0.1, 0.15) is 10.4 Å². The Bertz CT molecular complexity index is 386. The van der Waals surface area contributed by atoms with Gasteiger partial charge in [0, 0.05) is 25.3 Å². The van der Waals surface area contributed by atoms with Crippen LogP contribution in [0.5, 0.6) is 0 Å². The van der Waals surface area contributed by atoms with E-state index in [0.717, 1.165) is 31.9 Å². The minimum absolute atomic E-state index is 0.194. The third-order valence-electron chi connectivity index (χ3n) is 2.84. The predicted octanol–water partition coefficient (Wildman–Crippen LogP) is 0.873. The number of hydrogen-bond donors (Lipinski definition) is 2. The molecule has 0 aromatic heterocycles. The molecule has 1 fully saturated rings. The van der Waals surface area contributed by atoms with Gasteiger partial charge in [0.1, 0.15) is 0 Å². The molecule has 2 N–H and O–H groups in total. The van der Waals surface area contributed by atoms with Gasteiger partial charge in [0.2, 0.25) is 0 Å². The fourth-order valence-corrected chi connectivity index (χ4v) is 1.82. The van der Waals surface area contributed by atoms with Crippen molar-refractivity contribution in [3.05, 3.63) is 29.8 Å². The van der Waals surface area contributed by atoms with Gasteiger partial charge in [-0.15, -0.1) is 0 Å². The largest absolute Gasteiger partial charge is 0.465 e. The summed E-state index contributed by atoms with van der Waals surface area (Å²) in [5.74, 6) is -0.318. The highest BCUT2D eigenvalue weighted by molar-refractivity contribution is 5.89. The van der Waals surface area contributed by atoms with Crippen molar-refractivity contribution in [2.24, 2.45) is 0 Å². The first kappa shape index (κ1) is 12.9. The second-order valence-corrected chi connectivity index (χ2v) is 4.15. The number of nitrogens with one attached hydrogen (secondary N) is 2. The first-order valence-corrected chi connectivity index (χ1v) is 6.04. The number of carbonyl (C=O) groups excluding carboxylic acids is 1. The average Bonchev–Trinajstić information content (AvgIpc) is 2.46. The molecule has 5 heteroatoms. The number of rotatable bonds is 4. The van der Waals surface area contributed by atoms with Gasteiger partial charge in [-0.3, -0.25) is 0 Å². The summed E-state index contributed by atoms with van der Waals surface area (Å²) >= 11 is 0. The Labute approximate surface area is 106 Å². The van der Waals surface area contributed by atoms with Gasteiger partial charge in [0.15, 0.2) is 0 Å². The maximum Gasteiger partial charge on any atom is 0.337 e. The molecule has 0 saturated carbocycles. The zero-order valence-electron chi connectivity index (χ0n) is 10.4. The van der Waals surface area contributed by atoms with Crippen LogP contribution in [0.2, 0.25) is 0 Å². The lowest BCUT2D eigenvalue weighted by atomic mass is 10.2. The molecule has 1 aliphatic rings. The molecule has 1 unspecified atom stereocenters.